The molecule has 2 aliphatic heterocycles. The number of nitrogens with one attached hydrogen (secondary N) is 3. The minimum absolute atomic E-state index is 0.0894. The van der Waals surface area contributed by atoms with E-state index < -0.39 is 23.7 Å². The lowest BCUT2D eigenvalue weighted by atomic mass is 9.91. The van der Waals surface area contributed by atoms with Crippen LogP contribution < -0.4 is 10.6 Å². The van der Waals surface area contributed by atoms with Crippen LogP contribution >= 0.6 is 0 Å². The van der Waals surface area contributed by atoms with Gasteiger partial charge < -0.3 is 20.4 Å². The first-order valence-corrected chi connectivity index (χ1v) is 15.2. The van der Waals surface area contributed by atoms with E-state index in [2.05, 4.69) is 15.6 Å². The third-order valence-corrected chi connectivity index (χ3v) is 8.56. The third-order valence-electron chi connectivity index (χ3n) is 8.56. The highest BCUT2D eigenvalue weighted by Crippen LogP contribution is 2.29. The molecule has 0 saturated carbocycles. The van der Waals surface area contributed by atoms with E-state index in [-0.39, 0.29) is 43.0 Å². The molecule has 3 unspecified atom stereocenters. The normalized spacial score (nSPS) is 18.5. The van der Waals surface area contributed by atoms with E-state index in [0.29, 0.717) is 42.6 Å². The maximum absolute atomic E-state index is 13.9. The molecule has 6 rings (SSSR count). The SMILES string of the molecule is O=C1OCC/C1=C\C(CC1CCNC1=O)NC(=O)C(CC(=O)c1ccc(-c2cccc3ccccc23)[nH]1)Cc1ccc(F)cc1. The standard InChI is InChI=1S/C36H34FN3O5/c37-27-10-8-22(9-11-27)18-26(35(43)39-28(19-24-14-16-38-34(24)42)20-25-15-17-45-36(25)44)21-33(41)32-13-12-31(40-32)30-7-3-5-23-4-1-2-6-29(23)30/h1-13,20,24,26,28,40H,14-19,21H2,(H,38,42)(H,39,43)/b25-20+. The zero-order valence-corrected chi connectivity index (χ0v) is 24.7. The van der Waals surface area contributed by atoms with E-state index in [1.807, 2.05) is 48.5 Å². The monoisotopic (exact) mass is 607 g/mol. The summed E-state index contributed by atoms with van der Waals surface area (Å²) < 4.78 is 18.7. The van der Waals surface area contributed by atoms with Crippen LogP contribution in [0, 0.1) is 17.7 Å². The number of fused-ring (bicyclic) bond motifs is 1. The lowest BCUT2D eigenvalue weighted by Crippen LogP contribution is -2.41. The molecule has 0 radical (unpaired) electrons. The van der Waals surface area contributed by atoms with Crippen molar-refractivity contribution in [2.45, 2.75) is 38.1 Å². The van der Waals surface area contributed by atoms with Crippen LogP contribution in [0.3, 0.4) is 0 Å². The van der Waals surface area contributed by atoms with Crippen LogP contribution in [0.5, 0.6) is 0 Å². The molecule has 3 N–H and O–H groups in total. The summed E-state index contributed by atoms with van der Waals surface area (Å²) in [5, 5.41) is 7.96. The Bertz CT molecular complexity index is 1770. The molecule has 2 amide bonds. The van der Waals surface area contributed by atoms with Crippen LogP contribution in [0.1, 0.15) is 41.7 Å². The molecular formula is C36H34FN3O5. The van der Waals surface area contributed by atoms with Gasteiger partial charge in [-0.25, -0.2) is 9.18 Å². The number of ether oxygens (including phenoxy) is 1. The van der Waals surface area contributed by atoms with E-state index in [4.69, 9.17) is 4.74 Å². The van der Waals surface area contributed by atoms with E-state index in [0.717, 1.165) is 22.0 Å². The number of aromatic amines is 1. The van der Waals surface area contributed by atoms with Gasteiger partial charge in [-0.2, -0.15) is 0 Å². The molecule has 0 spiro atoms. The summed E-state index contributed by atoms with van der Waals surface area (Å²) in [6, 6.07) is 22.8. The van der Waals surface area contributed by atoms with E-state index in [1.165, 1.54) is 12.1 Å². The third kappa shape index (κ3) is 7.03. The van der Waals surface area contributed by atoms with Crippen molar-refractivity contribution in [2.75, 3.05) is 13.2 Å². The summed E-state index contributed by atoms with van der Waals surface area (Å²) in [7, 11) is 0. The van der Waals surface area contributed by atoms with E-state index in [9.17, 15) is 23.6 Å². The number of hydrogen-bond donors (Lipinski definition) is 3. The van der Waals surface area contributed by atoms with Gasteiger partial charge in [0.25, 0.3) is 0 Å². The molecule has 8 nitrogen and oxygen atoms in total. The van der Waals surface area contributed by atoms with E-state index in [1.54, 1.807) is 24.3 Å². The minimum Gasteiger partial charge on any atom is -0.462 e. The predicted molar refractivity (Wildman–Crippen MR) is 168 cm³/mol. The van der Waals surface area contributed by atoms with Gasteiger partial charge in [-0.15, -0.1) is 0 Å². The fourth-order valence-electron chi connectivity index (χ4n) is 6.16. The molecule has 0 bridgehead atoms. The first-order chi connectivity index (χ1) is 21.8. The molecule has 3 heterocycles. The van der Waals surface area contributed by atoms with Crippen molar-refractivity contribution >= 4 is 34.3 Å². The Kier molecular flexibility index (Phi) is 8.86. The minimum atomic E-state index is -0.791. The maximum Gasteiger partial charge on any atom is 0.333 e. The lowest BCUT2D eigenvalue weighted by molar-refractivity contribution is -0.135. The van der Waals surface area contributed by atoms with Gasteiger partial charge in [0.15, 0.2) is 5.78 Å². The first kappa shape index (κ1) is 30.0. The van der Waals surface area contributed by atoms with Crippen molar-refractivity contribution in [3.05, 3.63) is 108 Å². The van der Waals surface area contributed by atoms with Crippen molar-refractivity contribution in [3.8, 4) is 11.3 Å². The molecule has 45 heavy (non-hydrogen) atoms. The number of aromatic nitrogens is 1. The highest BCUT2D eigenvalue weighted by molar-refractivity contribution is 6.00. The van der Waals surface area contributed by atoms with Gasteiger partial charge in [-0.05, 0) is 59.9 Å². The topological polar surface area (TPSA) is 117 Å². The van der Waals surface area contributed by atoms with Crippen molar-refractivity contribution in [2.24, 2.45) is 11.8 Å². The number of H-pyrrole nitrogens is 1. The molecule has 3 aromatic carbocycles. The number of carbonyl (C=O) groups is 4. The first-order valence-electron chi connectivity index (χ1n) is 15.2. The van der Waals surface area contributed by atoms with Crippen molar-refractivity contribution < 1.29 is 28.3 Å². The smallest absolute Gasteiger partial charge is 0.333 e. The fraction of sp³-hybridized carbons (Fsp3) is 0.278. The fourth-order valence-corrected chi connectivity index (χ4v) is 6.16. The largest absolute Gasteiger partial charge is 0.462 e. The summed E-state index contributed by atoms with van der Waals surface area (Å²) in [6.07, 6.45) is 3.14. The molecule has 4 aromatic rings. The number of esters is 1. The molecule has 2 fully saturated rings. The van der Waals surface area contributed by atoms with Gasteiger partial charge in [-0.1, -0.05) is 60.7 Å². The summed E-state index contributed by atoms with van der Waals surface area (Å²) in [5.41, 5.74) is 3.29. The van der Waals surface area contributed by atoms with Crippen LogP contribution in [-0.4, -0.2) is 47.7 Å². The number of carbonyl (C=O) groups excluding carboxylic acids is 4. The van der Waals surface area contributed by atoms with Gasteiger partial charge >= 0.3 is 5.97 Å². The zero-order valence-electron chi connectivity index (χ0n) is 24.7. The number of amides is 2. The highest BCUT2D eigenvalue weighted by Gasteiger charge is 2.31. The van der Waals surface area contributed by atoms with Crippen LogP contribution in [0.4, 0.5) is 4.39 Å². The van der Waals surface area contributed by atoms with Crippen molar-refractivity contribution in [3.63, 3.8) is 0 Å². The van der Waals surface area contributed by atoms with Gasteiger partial charge in [0, 0.05) is 54.1 Å². The van der Waals surface area contributed by atoms with E-state index >= 15 is 0 Å². The maximum atomic E-state index is 13.9. The van der Waals surface area contributed by atoms with Crippen LogP contribution in [0.15, 0.2) is 90.5 Å². The summed E-state index contributed by atoms with van der Waals surface area (Å²) in [4.78, 5) is 55.4. The molecule has 3 atom stereocenters. The summed E-state index contributed by atoms with van der Waals surface area (Å²) in [5.74, 6) is -2.65. The zero-order chi connectivity index (χ0) is 31.3. The number of ketones is 1. The van der Waals surface area contributed by atoms with Crippen molar-refractivity contribution in [1.29, 1.82) is 0 Å². The Morgan fingerprint density at radius 3 is 2.56 bits per heavy atom. The Hall–Kier alpha value is -5.05. The quantitative estimate of drug-likeness (QED) is 0.122. The average Bonchev–Trinajstić information content (AvgIpc) is 3.80. The number of rotatable bonds is 11. The molecule has 9 heteroatoms. The Labute approximate surface area is 260 Å². The average molecular weight is 608 g/mol. The van der Waals surface area contributed by atoms with Crippen LogP contribution in [-0.2, 0) is 25.5 Å². The summed E-state index contributed by atoms with van der Waals surface area (Å²) >= 11 is 0. The molecule has 1 aromatic heterocycles. The predicted octanol–water partition coefficient (Wildman–Crippen LogP) is 5.29. The van der Waals surface area contributed by atoms with Gasteiger partial charge in [0.05, 0.1) is 12.3 Å². The Morgan fingerprint density at radius 1 is 1.00 bits per heavy atom. The second-order valence-electron chi connectivity index (χ2n) is 11.7. The molecule has 0 aliphatic carbocycles. The number of halogens is 1. The van der Waals surface area contributed by atoms with Gasteiger partial charge in [0.1, 0.15) is 5.82 Å². The second kappa shape index (κ2) is 13.3. The second-order valence-corrected chi connectivity index (χ2v) is 11.7. The highest BCUT2D eigenvalue weighted by atomic mass is 19.1. The number of benzene rings is 3. The van der Waals surface area contributed by atoms with Crippen LogP contribution in [0.2, 0.25) is 0 Å². The Balaban J connectivity index is 1.24. The summed E-state index contributed by atoms with van der Waals surface area (Å²) in [6.45, 7) is 0.829. The number of Topliss-reactive ketones (excluding diaryl/α,β-unsaturated/α-hetero) is 1. The molecule has 2 saturated heterocycles. The molecular weight excluding hydrogens is 573 g/mol. The van der Waals surface area contributed by atoms with Crippen molar-refractivity contribution in [1.82, 2.24) is 15.6 Å². The Morgan fingerprint density at radius 2 is 1.80 bits per heavy atom. The molecule has 230 valence electrons. The number of hydrogen-bond acceptors (Lipinski definition) is 5. The molecule has 2 aliphatic rings. The van der Waals surface area contributed by atoms with Gasteiger partial charge in [0.2, 0.25) is 11.8 Å². The van der Waals surface area contributed by atoms with Gasteiger partial charge in [-0.3, -0.25) is 14.4 Å². The number of cyclic esters (lactones) is 1. The van der Waals surface area contributed by atoms with Crippen LogP contribution in [0.25, 0.3) is 22.0 Å². The lowest BCUT2D eigenvalue weighted by Gasteiger charge is -2.22.